The second kappa shape index (κ2) is 5.11. The number of aryl methyl sites for hydroxylation is 1. The van der Waals surface area contributed by atoms with Crippen LogP contribution in [0.4, 0.5) is 0 Å². The lowest BCUT2D eigenvalue weighted by molar-refractivity contribution is 0.289. The van der Waals surface area contributed by atoms with Crippen molar-refractivity contribution in [3.63, 3.8) is 0 Å². The molecule has 1 aliphatic heterocycles. The summed E-state index contributed by atoms with van der Waals surface area (Å²) in [5.74, 6) is 1.24. The minimum Gasteiger partial charge on any atom is -0.419 e. The van der Waals surface area contributed by atoms with Crippen LogP contribution in [0, 0.1) is 6.92 Å². The SMILES string of the molecule is Cc1cccc(-c2nnc(CN3CC[C@@H](N)C3)o2)c1. The number of aromatic nitrogens is 2. The Morgan fingerprint density at radius 3 is 3.05 bits per heavy atom. The maximum atomic E-state index is 5.88. The average Bonchev–Trinajstić information content (AvgIpc) is 2.99. The summed E-state index contributed by atoms with van der Waals surface area (Å²) >= 11 is 0. The van der Waals surface area contributed by atoms with Gasteiger partial charge in [0.15, 0.2) is 0 Å². The molecule has 0 radical (unpaired) electrons. The fraction of sp³-hybridized carbons (Fsp3) is 0.429. The van der Waals surface area contributed by atoms with Crippen LogP contribution in [0.5, 0.6) is 0 Å². The molecule has 1 aromatic carbocycles. The molecule has 3 rings (SSSR count). The minimum atomic E-state index is 0.277. The molecule has 5 heteroatoms. The molecule has 2 heterocycles. The number of rotatable bonds is 3. The summed E-state index contributed by atoms with van der Waals surface area (Å²) in [6, 6.07) is 8.35. The van der Waals surface area contributed by atoms with E-state index in [0.717, 1.165) is 25.1 Å². The molecule has 2 N–H and O–H groups in total. The zero-order chi connectivity index (χ0) is 13.2. The van der Waals surface area contributed by atoms with Crippen LogP contribution in [0.2, 0.25) is 0 Å². The molecule has 0 bridgehead atoms. The summed E-state index contributed by atoms with van der Waals surface area (Å²) in [7, 11) is 0. The van der Waals surface area contributed by atoms with E-state index in [0.29, 0.717) is 18.3 Å². The summed E-state index contributed by atoms with van der Waals surface area (Å²) in [5.41, 5.74) is 8.04. The standard InChI is InChI=1S/C14H18N4O/c1-10-3-2-4-11(7-10)14-17-16-13(19-14)9-18-6-5-12(15)8-18/h2-4,7,12H,5-6,8-9,15H2,1H3/t12-/m1/s1. The second-order valence-corrected chi connectivity index (χ2v) is 5.15. The molecule has 0 amide bonds. The van der Waals surface area contributed by atoms with Crippen LogP contribution in [-0.4, -0.2) is 34.2 Å². The first-order valence-corrected chi connectivity index (χ1v) is 6.58. The third-order valence-corrected chi connectivity index (χ3v) is 3.40. The number of likely N-dealkylation sites (tertiary alicyclic amines) is 1. The molecule has 5 nitrogen and oxygen atoms in total. The van der Waals surface area contributed by atoms with E-state index < -0.39 is 0 Å². The molecule has 0 saturated carbocycles. The van der Waals surface area contributed by atoms with Crippen molar-refractivity contribution in [3.8, 4) is 11.5 Å². The van der Waals surface area contributed by atoms with Crippen LogP contribution in [0.3, 0.4) is 0 Å². The van der Waals surface area contributed by atoms with Gasteiger partial charge in [-0.1, -0.05) is 17.7 Å². The Morgan fingerprint density at radius 2 is 2.32 bits per heavy atom. The van der Waals surface area contributed by atoms with Gasteiger partial charge in [-0.2, -0.15) is 0 Å². The van der Waals surface area contributed by atoms with Gasteiger partial charge in [-0.25, -0.2) is 0 Å². The van der Waals surface area contributed by atoms with Gasteiger partial charge in [0.2, 0.25) is 11.8 Å². The highest BCUT2D eigenvalue weighted by Crippen LogP contribution is 2.20. The third kappa shape index (κ3) is 2.83. The predicted octanol–water partition coefficient (Wildman–Crippen LogP) is 1.58. The van der Waals surface area contributed by atoms with Gasteiger partial charge < -0.3 is 10.2 Å². The summed E-state index contributed by atoms with van der Waals surface area (Å²) in [6.45, 7) is 4.64. The summed E-state index contributed by atoms with van der Waals surface area (Å²) in [5, 5.41) is 8.23. The smallest absolute Gasteiger partial charge is 0.247 e. The second-order valence-electron chi connectivity index (χ2n) is 5.15. The van der Waals surface area contributed by atoms with E-state index in [9.17, 15) is 0 Å². The van der Waals surface area contributed by atoms with Crippen LogP contribution < -0.4 is 5.73 Å². The van der Waals surface area contributed by atoms with Crippen molar-refractivity contribution >= 4 is 0 Å². The van der Waals surface area contributed by atoms with Gasteiger partial charge in [0, 0.05) is 24.7 Å². The molecule has 19 heavy (non-hydrogen) atoms. The first-order chi connectivity index (χ1) is 9.20. The lowest BCUT2D eigenvalue weighted by Crippen LogP contribution is -2.26. The van der Waals surface area contributed by atoms with Gasteiger partial charge in [0.25, 0.3) is 0 Å². The fourth-order valence-electron chi connectivity index (χ4n) is 2.41. The average molecular weight is 258 g/mol. The molecule has 1 atom stereocenters. The van der Waals surface area contributed by atoms with Gasteiger partial charge in [-0.05, 0) is 25.5 Å². The minimum absolute atomic E-state index is 0.277. The molecule has 1 fully saturated rings. The number of benzene rings is 1. The van der Waals surface area contributed by atoms with E-state index >= 15 is 0 Å². The predicted molar refractivity (Wildman–Crippen MR) is 72.3 cm³/mol. The Kier molecular flexibility index (Phi) is 3.31. The highest BCUT2D eigenvalue weighted by molar-refractivity contribution is 5.53. The van der Waals surface area contributed by atoms with Gasteiger partial charge in [0.05, 0.1) is 6.54 Å². The first kappa shape index (κ1) is 12.3. The Labute approximate surface area is 112 Å². The maximum absolute atomic E-state index is 5.88. The van der Waals surface area contributed by atoms with Crippen LogP contribution in [-0.2, 0) is 6.54 Å². The summed E-state index contributed by atoms with van der Waals surface area (Å²) in [6.07, 6.45) is 1.04. The summed E-state index contributed by atoms with van der Waals surface area (Å²) < 4.78 is 5.72. The molecule has 2 aromatic rings. The van der Waals surface area contributed by atoms with Gasteiger partial charge >= 0.3 is 0 Å². The Hall–Kier alpha value is -1.72. The molecule has 100 valence electrons. The quantitative estimate of drug-likeness (QED) is 0.905. The topological polar surface area (TPSA) is 68.2 Å². The molecular weight excluding hydrogens is 240 g/mol. The molecule has 0 unspecified atom stereocenters. The first-order valence-electron chi connectivity index (χ1n) is 6.58. The number of hydrogen-bond donors (Lipinski definition) is 1. The molecule has 1 aromatic heterocycles. The molecule has 0 aliphatic carbocycles. The van der Waals surface area contributed by atoms with Gasteiger partial charge in [-0.15, -0.1) is 10.2 Å². The van der Waals surface area contributed by atoms with E-state index in [1.54, 1.807) is 0 Å². The van der Waals surface area contributed by atoms with Gasteiger partial charge in [0.1, 0.15) is 0 Å². The van der Waals surface area contributed by atoms with Crippen molar-refractivity contribution in [2.75, 3.05) is 13.1 Å². The van der Waals surface area contributed by atoms with Crippen LogP contribution in [0.1, 0.15) is 17.9 Å². The fourth-order valence-corrected chi connectivity index (χ4v) is 2.41. The number of nitrogens with zero attached hydrogens (tertiary/aromatic N) is 3. The summed E-state index contributed by atoms with van der Waals surface area (Å²) in [4.78, 5) is 2.25. The zero-order valence-electron chi connectivity index (χ0n) is 11.0. The molecule has 0 spiro atoms. The van der Waals surface area contributed by atoms with Crippen molar-refractivity contribution in [1.82, 2.24) is 15.1 Å². The van der Waals surface area contributed by atoms with Crippen molar-refractivity contribution < 1.29 is 4.42 Å². The van der Waals surface area contributed by atoms with Crippen molar-refractivity contribution in [2.45, 2.75) is 25.9 Å². The van der Waals surface area contributed by atoms with E-state index in [1.165, 1.54) is 5.56 Å². The van der Waals surface area contributed by atoms with Crippen LogP contribution in [0.15, 0.2) is 28.7 Å². The lowest BCUT2D eigenvalue weighted by Gasteiger charge is -2.11. The van der Waals surface area contributed by atoms with Crippen molar-refractivity contribution in [2.24, 2.45) is 5.73 Å². The third-order valence-electron chi connectivity index (χ3n) is 3.40. The molecule has 1 saturated heterocycles. The van der Waals surface area contributed by atoms with Crippen LogP contribution in [0.25, 0.3) is 11.5 Å². The maximum Gasteiger partial charge on any atom is 0.247 e. The Balaban J connectivity index is 1.73. The van der Waals surface area contributed by atoms with Crippen molar-refractivity contribution in [3.05, 3.63) is 35.7 Å². The normalized spacial score (nSPS) is 20.0. The number of hydrogen-bond acceptors (Lipinski definition) is 5. The van der Waals surface area contributed by atoms with Crippen LogP contribution >= 0.6 is 0 Å². The Bertz CT molecular complexity index is 566. The molecular formula is C14H18N4O. The van der Waals surface area contributed by atoms with Crippen molar-refractivity contribution in [1.29, 1.82) is 0 Å². The van der Waals surface area contributed by atoms with Gasteiger partial charge in [-0.3, -0.25) is 4.90 Å². The van der Waals surface area contributed by atoms with E-state index in [4.69, 9.17) is 10.2 Å². The van der Waals surface area contributed by atoms with E-state index in [1.807, 2.05) is 31.2 Å². The lowest BCUT2D eigenvalue weighted by atomic mass is 10.1. The number of nitrogens with two attached hydrogens (primary N) is 1. The largest absolute Gasteiger partial charge is 0.419 e. The Morgan fingerprint density at radius 1 is 1.42 bits per heavy atom. The van der Waals surface area contributed by atoms with E-state index in [2.05, 4.69) is 15.1 Å². The monoisotopic (exact) mass is 258 g/mol. The van der Waals surface area contributed by atoms with E-state index in [-0.39, 0.29) is 6.04 Å². The highest BCUT2D eigenvalue weighted by Gasteiger charge is 2.21. The zero-order valence-corrected chi connectivity index (χ0v) is 11.0. The molecule has 1 aliphatic rings. The highest BCUT2D eigenvalue weighted by atomic mass is 16.4.